The first-order chi connectivity index (χ1) is 10.8. The third-order valence-corrected chi connectivity index (χ3v) is 5.84. The van der Waals surface area contributed by atoms with E-state index in [4.69, 9.17) is 4.74 Å². The fourth-order valence-electron chi connectivity index (χ4n) is 4.45. The molecule has 124 valence electrons. The predicted octanol–water partition coefficient (Wildman–Crippen LogP) is 0.936. The minimum absolute atomic E-state index is 0.173. The average Bonchev–Trinajstić information content (AvgIpc) is 3.32. The Hall–Kier alpha value is -0.650. The molecule has 0 aromatic rings. The molecule has 0 N–H and O–H groups in total. The van der Waals surface area contributed by atoms with Gasteiger partial charge in [-0.15, -0.1) is 0 Å². The summed E-state index contributed by atoms with van der Waals surface area (Å²) in [5.74, 6) is 0.427. The quantitative estimate of drug-likeness (QED) is 0.774. The van der Waals surface area contributed by atoms with Crippen LogP contribution in [0.25, 0.3) is 0 Å². The van der Waals surface area contributed by atoms with Crippen molar-refractivity contribution in [3.05, 3.63) is 0 Å². The van der Waals surface area contributed by atoms with Gasteiger partial charge in [-0.25, -0.2) is 0 Å². The molecule has 0 radical (unpaired) electrons. The van der Waals surface area contributed by atoms with Crippen LogP contribution in [0.5, 0.6) is 0 Å². The maximum Gasteiger partial charge on any atom is 0.240 e. The zero-order valence-corrected chi connectivity index (χ0v) is 13.6. The number of nitrogens with zero attached hydrogens (tertiary/aromatic N) is 3. The van der Waals surface area contributed by atoms with Crippen LogP contribution < -0.4 is 0 Å². The molecule has 4 fully saturated rings. The minimum atomic E-state index is 0.173. The zero-order valence-electron chi connectivity index (χ0n) is 13.6. The summed E-state index contributed by atoms with van der Waals surface area (Å²) in [6.07, 6.45) is 7.34. The highest BCUT2D eigenvalue weighted by Gasteiger charge is 2.44. The number of carbonyl (C=O) groups excluding carboxylic acids is 1. The standard InChI is InChI=1S/C17H29N3O2/c21-17-16(6-8-20(17)14-4-5-14)19-7-2-1-3-15(19)13-18-9-11-22-12-10-18/h14-16H,1-13H2. The van der Waals surface area contributed by atoms with Gasteiger partial charge in [0.15, 0.2) is 0 Å². The molecule has 5 nitrogen and oxygen atoms in total. The summed E-state index contributed by atoms with van der Waals surface area (Å²) in [7, 11) is 0. The van der Waals surface area contributed by atoms with Crippen molar-refractivity contribution in [3.63, 3.8) is 0 Å². The highest BCUT2D eigenvalue weighted by molar-refractivity contribution is 5.84. The van der Waals surface area contributed by atoms with Crippen molar-refractivity contribution in [3.8, 4) is 0 Å². The number of hydrogen-bond acceptors (Lipinski definition) is 4. The molecule has 0 bridgehead atoms. The summed E-state index contributed by atoms with van der Waals surface area (Å²) >= 11 is 0. The predicted molar refractivity (Wildman–Crippen MR) is 84.7 cm³/mol. The Morgan fingerprint density at radius 3 is 2.55 bits per heavy atom. The highest BCUT2D eigenvalue weighted by Crippen LogP contribution is 2.34. The van der Waals surface area contributed by atoms with E-state index in [1.165, 1.54) is 32.1 Å². The summed E-state index contributed by atoms with van der Waals surface area (Å²) < 4.78 is 5.46. The molecule has 4 aliphatic rings. The van der Waals surface area contributed by atoms with Crippen LogP contribution >= 0.6 is 0 Å². The van der Waals surface area contributed by atoms with Crippen LogP contribution in [0.3, 0.4) is 0 Å². The van der Waals surface area contributed by atoms with Crippen molar-refractivity contribution in [2.75, 3.05) is 45.9 Å². The Morgan fingerprint density at radius 1 is 0.955 bits per heavy atom. The number of ether oxygens (including phenoxy) is 1. The van der Waals surface area contributed by atoms with E-state index in [1.54, 1.807) is 0 Å². The maximum absolute atomic E-state index is 12.8. The van der Waals surface area contributed by atoms with Crippen molar-refractivity contribution in [1.82, 2.24) is 14.7 Å². The zero-order chi connectivity index (χ0) is 14.9. The maximum atomic E-state index is 12.8. The Balaban J connectivity index is 1.40. The van der Waals surface area contributed by atoms with E-state index >= 15 is 0 Å². The Kier molecular flexibility index (Phi) is 4.38. The van der Waals surface area contributed by atoms with Crippen LogP contribution in [0.4, 0.5) is 0 Å². The summed E-state index contributed by atoms with van der Waals surface area (Å²) in [6.45, 7) is 7.07. The molecule has 0 aromatic heterocycles. The second kappa shape index (κ2) is 6.46. The monoisotopic (exact) mass is 307 g/mol. The van der Waals surface area contributed by atoms with Crippen LogP contribution in [-0.4, -0.2) is 84.7 Å². The third-order valence-electron chi connectivity index (χ3n) is 5.84. The Bertz CT molecular complexity index is 407. The fraction of sp³-hybridized carbons (Fsp3) is 0.941. The van der Waals surface area contributed by atoms with Crippen LogP contribution in [0.2, 0.25) is 0 Å². The Labute approximate surface area is 133 Å². The third kappa shape index (κ3) is 3.03. The summed E-state index contributed by atoms with van der Waals surface area (Å²) in [4.78, 5) is 20.0. The number of rotatable bonds is 4. The van der Waals surface area contributed by atoms with Crippen LogP contribution in [0.1, 0.15) is 38.5 Å². The molecule has 3 aliphatic heterocycles. The first-order valence-corrected chi connectivity index (χ1v) is 9.19. The summed E-state index contributed by atoms with van der Waals surface area (Å²) in [5.41, 5.74) is 0. The van der Waals surface area contributed by atoms with Gasteiger partial charge in [0.25, 0.3) is 0 Å². The molecule has 2 unspecified atom stereocenters. The number of carbonyl (C=O) groups is 1. The molecule has 1 aliphatic carbocycles. The smallest absolute Gasteiger partial charge is 0.240 e. The lowest BCUT2D eigenvalue weighted by atomic mass is 9.98. The fourth-order valence-corrected chi connectivity index (χ4v) is 4.45. The molecule has 0 aromatic carbocycles. The molecule has 2 atom stereocenters. The molecule has 4 rings (SSSR count). The molecular formula is C17H29N3O2. The molecule has 0 spiro atoms. The van der Waals surface area contributed by atoms with Gasteiger partial charge in [0.2, 0.25) is 5.91 Å². The molecule has 1 saturated carbocycles. The van der Waals surface area contributed by atoms with Gasteiger partial charge in [-0.05, 0) is 38.6 Å². The van der Waals surface area contributed by atoms with Crippen LogP contribution in [-0.2, 0) is 9.53 Å². The van der Waals surface area contributed by atoms with Gasteiger partial charge < -0.3 is 9.64 Å². The van der Waals surface area contributed by atoms with E-state index in [1.807, 2.05) is 0 Å². The number of piperidine rings is 1. The number of likely N-dealkylation sites (tertiary alicyclic amines) is 2. The van der Waals surface area contributed by atoms with Gasteiger partial charge in [0.05, 0.1) is 19.3 Å². The Morgan fingerprint density at radius 2 is 1.77 bits per heavy atom. The number of amides is 1. The van der Waals surface area contributed by atoms with Gasteiger partial charge >= 0.3 is 0 Å². The SMILES string of the molecule is O=C1C(N2CCCCC2CN2CCOCC2)CCN1C1CC1. The van der Waals surface area contributed by atoms with Gasteiger partial charge in [-0.3, -0.25) is 14.6 Å². The van der Waals surface area contributed by atoms with Gasteiger partial charge in [0, 0.05) is 38.3 Å². The van der Waals surface area contributed by atoms with Gasteiger partial charge in [-0.1, -0.05) is 6.42 Å². The molecule has 22 heavy (non-hydrogen) atoms. The van der Waals surface area contributed by atoms with Gasteiger partial charge in [0.1, 0.15) is 0 Å². The van der Waals surface area contributed by atoms with Crippen molar-refractivity contribution in [1.29, 1.82) is 0 Å². The number of morpholine rings is 1. The molecular weight excluding hydrogens is 278 g/mol. The molecule has 3 heterocycles. The molecule has 1 amide bonds. The lowest BCUT2D eigenvalue weighted by molar-refractivity contribution is -0.134. The number of hydrogen-bond donors (Lipinski definition) is 0. The van der Waals surface area contributed by atoms with Crippen molar-refractivity contribution in [2.45, 2.75) is 56.7 Å². The lowest BCUT2D eigenvalue weighted by Crippen LogP contribution is -2.54. The van der Waals surface area contributed by atoms with Crippen LogP contribution in [0.15, 0.2) is 0 Å². The lowest BCUT2D eigenvalue weighted by Gasteiger charge is -2.42. The summed E-state index contributed by atoms with van der Waals surface area (Å²) in [5, 5.41) is 0. The normalized spacial score (nSPS) is 35.3. The van der Waals surface area contributed by atoms with E-state index in [-0.39, 0.29) is 6.04 Å². The van der Waals surface area contributed by atoms with E-state index in [0.29, 0.717) is 18.0 Å². The van der Waals surface area contributed by atoms with Crippen molar-refractivity contribution >= 4 is 5.91 Å². The minimum Gasteiger partial charge on any atom is -0.379 e. The average molecular weight is 307 g/mol. The largest absolute Gasteiger partial charge is 0.379 e. The topological polar surface area (TPSA) is 36.0 Å². The second-order valence-electron chi connectivity index (χ2n) is 7.37. The molecule has 3 saturated heterocycles. The second-order valence-corrected chi connectivity index (χ2v) is 7.37. The van der Waals surface area contributed by atoms with Crippen LogP contribution in [0, 0.1) is 0 Å². The van der Waals surface area contributed by atoms with E-state index in [2.05, 4.69) is 14.7 Å². The first-order valence-electron chi connectivity index (χ1n) is 9.19. The van der Waals surface area contributed by atoms with E-state index in [9.17, 15) is 4.79 Å². The van der Waals surface area contributed by atoms with E-state index in [0.717, 1.165) is 52.4 Å². The van der Waals surface area contributed by atoms with Crippen molar-refractivity contribution in [2.24, 2.45) is 0 Å². The first kappa shape index (κ1) is 14.9. The summed E-state index contributed by atoms with van der Waals surface area (Å²) in [6, 6.07) is 1.33. The molecule has 5 heteroatoms. The highest BCUT2D eigenvalue weighted by atomic mass is 16.5. The van der Waals surface area contributed by atoms with Crippen molar-refractivity contribution < 1.29 is 9.53 Å². The van der Waals surface area contributed by atoms with Gasteiger partial charge in [-0.2, -0.15) is 0 Å². The van der Waals surface area contributed by atoms with E-state index < -0.39 is 0 Å².